The maximum Gasteiger partial charge on any atom is 0.534 e. The lowest BCUT2D eigenvalue weighted by Gasteiger charge is -2.32. The van der Waals surface area contributed by atoms with Crippen LogP contribution in [-0.4, -0.2) is 52.5 Å². The highest BCUT2D eigenvalue weighted by Crippen LogP contribution is 2.42. The summed E-state index contributed by atoms with van der Waals surface area (Å²) in [5.41, 5.74) is -4.88. The lowest BCUT2D eigenvalue weighted by molar-refractivity contribution is -0.142. The maximum absolute atomic E-state index is 13.0. The summed E-state index contributed by atoms with van der Waals surface area (Å²) in [5.74, 6) is -1.52. The fourth-order valence-corrected chi connectivity index (χ4v) is 3.85. The van der Waals surface area contributed by atoms with Crippen molar-refractivity contribution >= 4 is 28.1 Å². The number of ether oxygens (including phenoxy) is 2. The Bertz CT molecular complexity index is 1130. The van der Waals surface area contributed by atoms with Gasteiger partial charge in [-0.3, -0.25) is 9.59 Å². The van der Waals surface area contributed by atoms with Crippen LogP contribution in [0.25, 0.3) is 11.1 Å². The molecule has 1 aliphatic heterocycles. The van der Waals surface area contributed by atoms with Gasteiger partial charge in [-0.05, 0) is 5.56 Å². The molecule has 0 aliphatic carbocycles. The minimum Gasteiger partial charge on any atom is -0.461 e. The van der Waals surface area contributed by atoms with Gasteiger partial charge in [0, 0.05) is 42.9 Å². The van der Waals surface area contributed by atoms with Gasteiger partial charge in [0.15, 0.2) is 12.0 Å². The summed E-state index contributed by atoms with van der Waals surface area (Å²) < 4.78 is 77.3. The third-order valence-corrected chi connectivity index (χ3v) is 5.82. The lowest BCUT2D eigenvalue weighted by Crippen LogP contribution is -2.37. The normalized spacial score (nSPS) is 14.6. The SMILES string of the molecule is CC(=O)OCc1c(C=O)c(OS(=O)(=O)C(F)(F)F)cc(N2CCOCC2)c1-c1ccccc1. The quantitative estimate of drug-likeness (QED) is 0.254. The van der Waals surface area contributed by atoms with Gasteiger partial charge in [-0.15, -0.1) is 0 Å². The van der Waals surface area contributed by atoms with Gasteiger partial charge in [0.25, 0.3) is 0 Å². The first-order valence-corrected chi connectivity index (χ1v) is 11.1. The Kier molecular flexibility index (Phi) is 7.28. The molecule has 8 nitrogen and oxygen atoms in total. The van der Waals surface area contributed by atoms with E-state index in [9.17, 15) is 31.2 Å². The molecule has 0 amide bonds. The molecule has 0 N–H and O–H groups in total. The fraction of sp³-hybridized carbons (Fsp3) is 0.333. The number of nitrogens with zero attached hydrogens (tertiary/aromatic N) is 1. The number of hydrogen-bond donors (Lipinski definition) is 0. The van der Waals surface area contributed by atoms with Crippen LogP contribution in [0.3, 0.4) is 0 Å². The number of carbonyl (C=O) groups is 2. The van der Waals surface area contributed by atoms with Crippen molar-refractivity contribution in [3.05, 3.63) is 47.5 Å². The summed E-state index contributed by atoms with van der Waals surface area (Å²) in [7, 11) is -6.07. The second kappa shape index (κ2) is 9.79. The van der Waals surface area contributed by atoms with Crippen LogP contribution in [0.4, 0.5) is 18.9 Å². The molecule has 0 aromatic heterocycles. The highest BCUT2D eigenvalue weighted by Gasteiger charge is 2.49. The molecular formula is C21H20F3NO7S. The van der Waals surface area contributed by atoms with Crippen LogP contribution in [0.15, 0.2) is 36.4 Å². The Morgan fingerprint density at radius 2 is 1.82 bits per heavy atom. The number of alkyl halides is 3. The Hall–Kier alpha value is -3.12. The molecule has 0 bridgehead atoms. The first kappa shape index (κ1) is 24.5. The average Bonchev–Trinajstić information content (AvgIpc) is 2.77. The Labute approximate surface area is 188 Å². The highest BCUT2D eigenvalue weighted by molar-refractivity contribution is 7.88. The summed E-state index contributed by atoms with van der Waals surface area (Å²) in [6, 6.07) is 9.67. The van der Waals surface area contributed by atoms with Gasteiger partial charge in [0.2, 0.25) is 0 Å². The Morgan fingerprint density at radius 3 is 2.36 bits per heavy atom. The zero-order chi connectivity index (χ0) is 24.2. The summed E-state index contributed by atoms with van der Waals surface area (Å²) in [4.78, 5) is 25.2. The molecule has 12 heteroatoms. The van der Waals surface area contributed by atoms with E-state index in [1.165, 1.54) is 0 Å². The number of carbonyl (C=O) groups excluding carboxylic acids is 2. The standard InChI is InChI=1S/C21H20F3NO7S/c1-14(27)31-13-17-16(12-26)19(32-33(28,29)21(22,23)24)11-18(25-7-9-30-10-8-25)20(17)15-5-3-2-4-6-15/h2-6,11-12H,7-10,13H2,1H3. The zero-order valence-corrected chi connectivity index (χ0v) is 18.2. The summed E-state index contributed by atoms with van der Waals surface area (Å²) in [5, 5.41) is 0. The second-order valence-electron chi connectivity index (χ2n) is 7.01. The van der Waals surface area contributed by atoms with Gasteiger partial charge < -0.3 is 18.6 Å². The van der Waals surface area contributed by atoms with E-state index in [4.69, 9.17) is 9.47 Å². The number of benzene rings is 2. The van der Waals surface area contributed by atoms with Gasteiger partial charge in [-0.2, -0.15) is 21.6 Å². The van der Waals surface area contributed by atoms with Crippen LogP contribution in [0.5, 0.6) is 5.75 Å². The van der Waals surface area contributed by atoms with Crippen molar-refractivity contribution in [2.24, 2.45) is 0 Å². The van der Waals surface area contributed by atoms with Gasteiger partial charge in [0.05, 0.1) is 18.8 Å². The van der Waals surface area contributed by atoms with Gasteiger partial charge in [-0.25, -0.2) is 0 Å². The van der Waals surface area contributed by atoms with Crippen molar-refractivity contribution in [2.45, 2.75) is 19.0 Å². The molecule has 1 saturated heterocycles. The molecule has 1 heterocycles. The molecular weight excluding hydrogens is 467 g/mol. The lowest BCUT2D eigenvalue weighted by atomic mass is 9.92. The number of hydrogen-bond acceptors (Lipinski definition) is 8. The fourth-order valence-electron chi connectivity index (χ4n) is 3.38. The molecule has 2 aromatic carbocycles. The molecule has 2 aromatic rings. The molecule has 3 rings (SSSR count). The van der Waals surface area contributed by atoms with Crippen LogP contribution in [0.2, 0.25) is 0 Å². The minimum absolute atomic E-state index is 0.0165. The molecule has 1 aliphatic rings. The number of rotatable bonds is 7. The zero-order valence-electron chi connectivity index (χ0n) is 17.4. The van der Waals surface area contributed by atoms with E-state index in [0.29, 0.717) is 43.1 Å². The van der Waals surface area contributed by atoms with Crippen molar-refractivity contribution in [1.82, 2.24) is 0 Å². The number of halogens is 3. The first-order chi connectivity index (χ1) is 15.5. The van der Waals surface area contributed by atoms with Crippen molar-refractivity contribution < 1.29 is 44.8 Å². The van der Waals surface area contributed by atoms with Crippen molar-refractivity contribution in [1.29, 1.82) is 0 Å². The Morgan fingerprint density at radius 1 is 1.18 bits per heavy atom. The Balaban J connectivity index is 2.32. The predicted octanol–water partition coefficient (Wildman–Crippen LogP) is 3.29. The monoisotopic (exact) mass is 487 g/mol. The smallest absolute Gasteiger partial charge is 0.461 e. The summed E-state index contributed by atoms with van der Waals surface area (Å²) >= 11 is 0. The first-order valence-electron chi connectivity index (χ1n) is 9.72. The number of esters is 1. The topological polar surface area (TPSA) is 99.2 Å². The van der Waals surface area contributed by atoms with E-state index in [1.54, 1.807) is 35.2 Å². The molecule has 178 valence electrons. The van der Waals surface area contributed by atoms with E-state index < -0.39 is 39.5 Å². The van der Waals surface area contributed by atoms with E-state index >= 15 is 0 Å². The predicted molar refractivity (Wildman–Crippen MR) is 111 cm³/mol. The van der Waals surface area contributed by atoms with E-state index in [2.05, 4.69) is 4.18 Å². The van der Waals surface area contributed by atoms with Crippen molar-refractivity contribution in [3.63, 3.8) is 0 Å². The van der Waals surface area contributed by atoms with Crippen molar-refractivity contribution in [2.75, 3.05) is 31.2 Å². The van der Waals surface area contributed by atoms with E-state index in [0.717, 1.165) is 13.0 Å². The minimum atomic E-state index is -6.07. The summed E-state index contributed by atoms with van der Waals surface area (Å²) in [6.07, 6.45) is 0.176. The largest absolute Gasteiger partial charge is 0.534 e. The molecule has 0 unspecified atom stereocenters. The van der Waals surface area contributed by atoms with E-state index in [1.807, 2.05) is 0 Å². The van der Waals surface area contributed by atoms with Crippen LogP contribution in [0, 0.1) is 0 Å². The highest BCUT2D eigenvalue weighted by atomic mass is 32.2. The third kappa shape index (κ3) is 5.45. The summed E-state index contributed by atoms with van der Waals surface area (Å²) in [6.45, 7) is 1.96. The van der Waals surface area contributed by atoms with Crippen LogP contribution < -0.4 is 9.08 Å². The number of morpholine rings is 1. The molecule has 0 radical (unpaired) electrons. The molecule has 0 saturated carbocycles. The van der Waals surface area contributed by atoms with Gasteiger partial charge in [0.1, 0.15) is 6.61 Å². The van der Waals surface area contributed by atoms with Crippen LogP contribution in [-0.2, 0) is 31.0 Å². The second-order valence-corrected chi connectivity index (χ2v) is 8.55. The average molecular weight is 487 g/mol. The third-order valence-electron chi connectivity index (χ3n) is 4.85. The van der Waals surface area contributed by atoms with Gasteiger partial charge in [-0.1, -0.05) is 30.3 Å². The molecule has 0 spiro atoms. The van der Waals surface area contributed by atoms with Crippen LogP contribution in [0.1, 0.15) is 22.8 Å². The number of anilines is 1. The molecule has 33 heavy (non-hydrogen) atoms. The van der Waals surface area contributed by atoms with Crippen molar-refractivity contribution in [3.8, 4) is 16.9 Å². The maximum atomic E-state index is 13.0. The molecule has 1 fully saturated rings. The van der Waals surface area contributed by atoms with E-state index in [-0.39, 0.29) is 11.8 Å². The van der Waals surface area contributed by atoms with Crippen LogP contribution >= 0.6 is 0 Å². The number of aldehydes is 1. The van der Waals surface area contributed by atoms with Gasteiger partial charge >= 0.3 is 21.6 Å². The molecule has 0 atom stereocenters.